The van der Waals surface area contributed by atoms with Crippen molar-refractivity contribution in [2.75, 3.05) is 24.7 Å². The molecule has 0 amide bonds. The number of nitrogens with zero attached hydrogens (tertiary/aromatic N) is 3. The normalized spacial score (nSPS) is 16.8. The summed E-state index contributed by atoms with van der Waals surface area (Å²) in [6.45, 7) is 0.714. The molecule has 1 aliphatic rings. The van der Waals surface area contributed by atoms with Crippen LogP contribution in [0, 0.1) is 10.1 Å². The summed E-state index contributed by atoms with van der Waals surface area (Å²) in [6, 6.07) is 2.58. The quantitative estimate of drug-likeness (QED) is 0.598. The van der Waals surface area contributed by atoms with Crippen LogP contribution in [-0.4, -0.2) is 53.0 Å². The summed E-state index contributed by atoms with van der Waals surface area (Å²) >= 11 is 0. The molecule has 10 nitrogen and oxygen atoms in total. The van der Waals surface area contributed by atoms with Gasteiger partial charge < -0.3 is 10.3 Å². The molecule has 11 heteroatoms. The van der Waals surface area contributed by atoms with Crippen LogP contribution in [0.15, 0.2) is 23.3 Å². The van der Waals surface area contributed by atoms with E-state index in [1.54, 1.807) is 0 Å². The number of anilines is 1. The summed E-state index contributed by atoms with van der Waals surface area (Å²) in [4.78, 5) is 29.0. The van der Waals surface area contributed by atoms with Crippen LogP contribution in [0.1, 0.15) is 12.8 Å². The fourth-order valence-electron chi connectivity index (χ4n) is 2.92. The van der Waals surface area contributed by atoms with Crippen molar-refractivity contribution in [3.05, 3.63) is 38.9 Å². The van der Waals surface area contributed by atoms with Crippen molar-refractivity contribution in [2.45, 2.75) is 18.9 Å². The number of hydrogen-bond donors (Lipinski definition) is 2. The van der Waals surface area contributed by atoms with Gasteiger partial charge in [0.05, 0.1) is 28.4 Å². The first-order chi connectivity index (χ1) is 11.8. The lowest BCUT2D eigenvalue weighted by Gasteiger charge is -2.31. The molecule has 0 atom stereocenters. The SMILES string of the molecule is CS(=O)(=O)N1CCC(Nc2cc3nc[nH]c(=O)c3cc2[N+](=O)[O-])CC1. The summed E-state index contributed by atoms with van der Waals surface area (Å²) in [6.07, 6.45) is 3.47. The molecule has 1 fully saturated rings. The van der Waals surface area contributed by atoms with Gasteiger partial charge in [-0.25, -0.2) is 17.7 Å². The number of hydrogen-bond acceptors (Lipinski definition) is 7. The lowest BCUT2D eigenvalue weighted by Crippen LogP contribution is -2.41. The molecule has 2 N–H and O–H groups in total. The van der Waals surface area contributed by atoms with Crippen LogP contribution < -0.4 is 10.9 Å². The van der Waals surface area contributed by atoms with E-state index < -0.39 is 20.5 Å². The molecule has 1 aliphatic heterocycles. The smallest absolute Gasteiger partial charge is 0.293 e. The Bertz CT molecular complexity index is 979. The Morgan fingerprint density at radius 1 is 1.36 bits per heavy atom. The van der Waals surface area contributed by atoms with Crippen molar-refractivity contribution >= 4 is 32.3 Å². The van der Waals surface area contributed by atoms with Crippen LogP contribution in [0.5, 0.6) is 0 Å². The second-order valence-electron chi connectivity index (χ2n) is 5.96. The molecule has 1 saturated heterocycles. The number of aromatic nitrogens is 2. The number of rotatable bonds is 4. The van der Waals surface area contributed by atoms with Gasteiger partial charge in [0.2, 0.25) is 10.0 Å². The highest BCUT2D eigenvalue weighted by molar-refractivity contribution is 7.88. The van der Waals surface area contributed by atoms with Crippen molar-refractivity contribution in [3.63, 3.8) is 0 Å². The first-order valence-electron chi connectivity index (χ1n) is 7.63. The van der Waals surface area contributed by atoms with Crippen molar-refractivity contribution in [1.82, 2.24) is 14.3 Å². The van der Waals surface area contributed by atoms with Crippen molar-refractivity contribution in [3.8, 4) is 0 Å². The largest absolute Gasteiger partial charge is 0.377 e. The lowest BCUT2D eigenvalue weighted by atomic mass is 10.1. The number of nitro benzene ring substituents is 1. The number of fused-ring (bicyclic) bond motifs is 1. The van der Waals surface area contributed by atoms with Gasteiger partial charge >= 0.3 is 0 Å². The first kappa shape index (κ1) is 17.3. The third-order valence-electron chi connectivity index (χ3n) is 4.24. The fraction of sp³-hybridized carbons (Fsp3) is 0.429. The van der Waals surface area contributed by atoms with Crippen molar-refractivity contribution in [1.29, 1.82) is 0 Å². The number of nitro groups is 1. The van der Waals surface area contributed by atoms with E-state index in [1.165, 1.54) is 22.8 Å². The van der Waals surface area contributed by atoms with E-state index in [0.29, 0.717) is 31.4 Å². The van der Waals surface area contributed by atoms with Gasteiger partial charge in [-0.05, 0) is 18.9 Å². The number of sulfonamides is 1. The Balaban J connectivity index is 1.87. The molecule has 0 spiro atoms. The molecule has 0 saturated carbocycles. The Morgan fingerprint density at radius 3 is 2.64 bits per heavy atom. The minimum absolute atomic E-state index is 0.101. The Hall–Kier alpha value is -2.53. The molecule has 1 aromatic heterocycles. The zero-order chi connectivity index (χ0) is 18.2. The molecule has 3 rings (SSSR count). The number of benzene rings is 1. The van der Waals surface area contributed by atoms with Crippen LogP contribution in [0.2, 0.25) is 0 Å². The zero-order valence-electron chi connectivity index (χ0n) is 13.4. The van der Waals surface area contributed by atoms with E-state index in [1.807, 2.05) is 0 Å². The average molecular weight is 367 g/mol. The molecule has 25 heavy (non-hydrogen) atoms. The standard InChI is InChI=1S/C14H17N5O5S/c1-25(23,24)18-4-2-9(3-5-18)17-12-7-11-10(6-13(12)19(21)22)14(20)16-8-15-11/h6-9,17H,2-5H2,1H3,(H,15,16,20). The van der Waals surface area contributed by atoms with E-state index >= 15 is 0 Å². The summed E-state index contributed by atoms with van der Waals surface area (Å²) in [7, 11) is -3.23. The second kappa shape index (κ2) is 6.41. The van der Waals surface area contributed by atoms with Crippen LogP contribution in [-0.2, 0) is 10.0 Å². The number of aromatic amines is 1. The fourth-order valence-corrected chi connectivity index (χ4v) is 3.80. The van der Waals surface area contributed by atoms with E-state index in [9.17, 15) is 23.3 Å². The number of piperidine rings is 1. The maximum absolute atomic E-state index is 11.8. The minimum Gasteiger partial charge on any atom is -0.377 e. The van der Waals surface area contributed by atoms with Gasteiger partial charge in [-0.2, -0.15) is 0 Å². The molecular weight excluding hydrogens is 350 g/mol. The minimum atomic E-state index is -3.23. The van der Waals surface area contributed by atoms with Crippen LogP contribution in [0.25, 0.3) is 10.9 Å². The summed E-state index contributed by atoms with van der Waals surface area (Å²) < 4.78 is 24.5. The van der Waals surface area contributed by atoms with Gasteiger partial charge in [-0.3, -0.25) is 14.9 Å². The van der Waals surface area contributed by atoms with Gasteiger partial charge in [0.1, 0.15) is 5.69 Å². The van der Waals surface area contributed by atoms with Gasteiger partial charge in [-0.1, -0.05) is 0 Å². The highest BCUT2D eigenvalue weighted by Crippen LogP contribution is 2.30. The van der Waals surface area contributed by atoms with E-state index in [2.05, 4.69) is 15.3 Å². The number of nitrogens with one attached hydrogen (secondary N) is 2. The van der Waals surface area contributed by atoms with Gasteiger partial charge in [-0.15, -0.1) is 0 Å². The topological polar surface area (TPSA) is 138 Å². The Labute approximate surface area is 143 Å². The van der Waals surface area contributed by atoms with Gasteiger partial charge in [0, 0.05) is 25.2 Å². The monoisotopic (exact) mass is 367 g/mol. The summed E-state index contributed by atoms with van der Waals surface area (Å²) in [5.41, 5.74) is -0.0310. The van der Waals surface area contributed by atoms with E-state index in [4.69, 9.17) is 0 Å². The maximum Gasteiger partial charge on any atom is 0.293 e. The third kappa shape index (κ3) is 3.61. The Kier molecular flexibility index (Phi) is 4.43. The molecule has 0 unspecified atom stereocenters. The molecule has 1 aromatic carbocycles. The zero-order valence-corrected chi connectivity index (χ0v) is 14.2. The molecule has 0 aliphatic carbocycles. The van der Waals surface area contributed by atoms with Crippen LogP contribution in [0.3, 0.4) is 0 Å². The van der Waals surface area contributed by atoms with Crippen molar-refractivity contribution in [2.24, 2.45) is 0 Å². The average Bonchev–Trinajstić information content (AvgIpc) is 2.54. The molecule has 134 valence electrons. The van der Waals surface area contributed by atoms with Crippen molar-refractivity contribution < 1.29 is 13.3 Å². The maximum atomic E-state index is 11.8. The predicted octanol–water partition coefficient (Wildman–Crippen LogP) is 0.667. The second-order valence-corrected chi connectivity index (χ2v) is 7.94. The highest BCUT2D eigenvalue weighted by atomic mass is 32.2. The summed E-state index contributed by atoms with van der Waals surface area (Å²) in [5, 5.41) is 14.6. The number of H-pyrrole nitrogens is 1. The van der Waals surface area contributed by atoms with E-state index in [0.717, 1.165) is 6.26 Å². The first-order valence-corrected chi connectivity index (χ1v) is 9.48. The summed E-state index contributed by atoms with van der Waals surface area (Å²) in [5.74, 6) is 0. The molecular formula is C14H17N5O5S. The Morgan fingerprint density at radius 2 is 2.04 bits per heavy atom. The van der Waals surface area contributed by atoms with Gasteiger partial charge in [0.25, 0.3) is 11.2 Å². The third-order valence-corrected chi connectivity index (χ3v) is 5.54. The molecule has 0 radical (unpaired) electrons. The van der Waals surface area contributed by atoms with Gasteiger partial charge in [0.15, 0.2) is 0 Å². The molecule has 0 bridgehead atoms. The highest BCUT2D eigenvalue weighted by Gasteiger charge is 2.26. The molecule has 2 heterocycles. The lowest BCUT2D eigenvalue weighted by molar-refractivity contribution is -0.383. The van der Waals surface area contributed by atoms with Crippen LogP contribution in [0.4, 0.5) is 11.4 Å². The van der Waals surface area contributed by atoms with E-state index in [-0.39, 0.29) is 22.8 Å². The van der Waals surface area contributed by atoms with Crippen LogP contribution >= 0.6 is 0 Å². The molecule has 2 aromatic rings. The predicted molar refractivity (Wildman–Crippen MR) is 92.1 cm³/mol.